The van der Waals surface area contributed by atoms with Gasteiger partial charge in [0.25, 0.3) is 0 Å². The third-order valence-corrected chi connectivity index (χ3v) is 2.05. The molecule has 2 N–H and O–H groups in total. The molecule has 0 aromatic carbocycles. The maximum atomic E-state index is 5.57. The summed E-state index contributed by atoms with van der Waals surface area (Å²) in [5.74, 6) is 3.63. The lowest BCUT2D eigenvalue weighted by Gasteiger charge is -2.07. The Hall–Kier alpha value is -1.27. The molecule has 0 atom stereocenters. The fourth-order valence-electron chi connectivity index (χ4n) is 1.32. The van der Waals surface area contributed by atoms with E-state index in [-0.39, 0.29) is 0 Å². The Kier molecular flexibility index (Phi) is 3.53. The second kappa shape index (κ2) is 4.68. The number of hydrogen-bond donors (Lipinski definition) is 1. The molecule has 3 nitrogen and oxygen atoms in total. The van der Waals surface area contributed by atoms with Crippen LogP contribution in [0.2, 0.25) is 0 Å². The highest BCUT2D eigenvalue weighted by Crippen LogP contribution is 2.05. The molecule has 0 fully saturated rings. The van der Waals surface area contributed by atoms with Gasteiger partial charge in [-0.15, -0.1) is 12.3 Å². The van der Waals surface area contributed by atoms with Crippen LogP contribution < -0.4 is 5.73 Å². The Morgan fingerprint density at radius 3 is 3.08 bits per heavy atom. The second-order valence-electron chi connectivity index (χ2n) is 2.96. The van der Waals surface area contributed by atoms with E-state index in [4.69, 9.17) is 12.2 Å². The van der Waals surface area contributed by atoms with E-state index in [9.17, 15) is 0 Å². The summed E-state index contributed by atoms with van der Waals surface area (Å²) in [5, 5.41) is 0. The standard InChI is InChI=1S/C10H15N3/c1-3-4-5-6-13-9(2)12-8-10(13)7-11/h1,8H,4-7,11H2,2H3. The van der Waals surface area contributed by atoms with Crippen LogP contribution in [0.15, 0.2) is 6.20 Å². The van der Waals surface area contributed by atoms with Gasteiger partial charge in [0, 0.05) is 25.7 Å². The minimum atomic E-state index is 0.539. The van der Waals surface area contributed by atoms with Crippen LogP contribution in [-0.4, -0.2) is 9.55 Å². The van der Waals surface area contributed by atoms with Crippen LogP contribution >= 0.6 is 0 Å². The van der Waals surface area contributed by atoms with E-state index >= 15 is 0 Å². The summed E-state index contributed by atoms with van der Waals surface area (Å²) in [7, 11) is 0. The first-order chi connectivity index (χ1) is 6.29. The van der Waals surface area contributed by atoms with Gasteiger partial charge in [0.2, 0.25) is 0 Å². The molecule has 0 aliphatic rings. The smallest absolute Gasteiger partial charge is 0.105 e. The number of nitrogens with zero attached hydrogens (tertiary/aromatic N) is 2. The van der Waals surface area contributed by atoms with E-state index in [0.29, 0.717) is 6.54 Å². The number of aryl methyl sites for hydroxylation is 1. The lowest BCUT2D eigenvalue weighted by Crippen LogP contribution is -2.08. The third-order valence-electron chi connectivity index (χ3n) is 2.05. The number of rotatable bonds is 4. The molecule has 70 valence electrons. The Balaban J connectivity index is 2.63. The molecule has 1 aromatic heterocycles. The summed E-state index contributed by atoms with van der Waals surface area (Å²) in [5.41, 5.74) is 6.65. The zero-order valence-corrected chi connectivity index (χ0v) is 7.95. The molecular formula is C10H15N3. The third kappa shape index (κ3) is 2.33. The van der Waals surface area contributed by atoms with Gasteiger partial charge in [-0.2, -0.15) is 0 Å². The van der Waals surface area contributed by atoms with Crippen molar-refractivity contribution >= 4 is 0 Å². The zero-order valence-electron chi connectivity index (χ0n) is 7.95. The molecular weight excluding hydrogens is 162 g/mol. The highest BCUT2D eigenvalue weighted by molar-refractivity contribution is 5.03. The van der Waals surface area contributed by atoms with E-state index in [1.54, 1.807) is 0 Å². The first-order valence-corrected chi connectivity index (χ1v) is 4.44. The maximum Gasteiger partial charge on any atom is 0.105 e. The highest BCUT2D eigenvalue weighted by Gasteiger charge is 2.03. The minimum Gasteiger partial charge on any atom is -0.331 e. The molecule has 0 aliphatic carbocycles. The summed E-state index contributed by atoms with van der Waals surface area (Å²) >= 11 is 0. The molecule has 0 amide bonds. The van der Waals surface area contributed by atoms with Gasteiger partial charge in [-0.05, 0) is 13.3 Å². The van der Waals surface area contributed by atoms with Gasteiger partial charge in [0.1, 0.15) is 5.82 Å². The van der Waals surface area contributed by atoms with Crippen molar-refractivity contribution < 1.29 is 0 Å². The van der Waals surface area contributed by atoms with Crippen molar-refractivity contribution in [1.82, 2.24) is 9.55 Å². The molecule has 1 aromatic rings. The van der Waals surface area contributed by atoms with Crippen molar-refractivity contribution in [2.75, 3.05) is 0 Å². The summed E-state index contributed by atoms with van der Waals surface area (Å²) in [6.07, 6.45) is 8.80. The molecule has 0 spiro atoms. The van der Waals surface area contributed by atoms with Gasteiger partial charge in [0.05, 0.1) is 5.69 Å². The number of unbranched alkanes of at least 4 members (excludes halogenated alkanes) is 1. The molecule has 13 heavy (non-hydrogen) atoms. The minimum absolute atomic E-state index is 0.539. The summed E-state index contributed by atoms with van der Waals surface area (Å²) in [4.78, 5) is 4.20. The molecule has 0 saturated heterocycles. The van der Waals surface area contributed by atoms with Gasteiger partial charge in [-0.25, -0.2) is 4.98 Å². The van der Waals surface area contributed by atoms with Gasteiger partial charge in [-0.3, -0.25) is 0 Å². The van der Waals surface area contributed by atoms with Crippen molar-refractivity contribution in [1.29, 1.82) is 0 Å². The average molecular weight is 177 g/mol. The molecule has 0 aliphatic heterocycles. The van der Waals surface area contributed by atoms with Crippen molar-refractivity contribution in [3.63, 3.8) is 0 Å². The summed E-state index contributed by atoms with van der Waals surface area (Å²) in [6.45, 7) is 3.44. The first-order valence-electron chi connectivity index (χ1n) is 4.44. The van der Waals surface area contributed by atoms with E-state index in [1.165, 1.54) is 0 Å². The molecule has 0 bridgehead atoms. The lowest BCUT2D eigenvalue weighted by molar-refractivity contribution is 0.611. The van der Waals surface area contributed by atoms with Crippen LogP contribution in [0.5, 0.6) is 0 Å². The van der Waals surface area contributed by atoms with E-state index < -0.39 is 0 Å². The first kappa shape index (κ1) is 9.82. The van der Waals surface area contributed by atoms with Gasteiger partial charge < -0.3 is 10.3 Å². The Labute approximate surface area is 79.0 Å². The predicted octanol–water partition coefficient (Wildman–Crippen LogP) is 1.06. The van der Waals surface area contributed by atoms with Crippen LogP contribution in [0.4, 0.5) is 0 Å². The summed E-state index contributed by atoms with van der Waals surface area (Å²) in [6, 6.07) is 0. The monoisotopic (exact) mass is 177 g/mol. The number of imidazole rings is 1. The molecule has 1 rings (SSSR count). The topological polar surface area (TPSA) is 43.8 Å². The van der Waals surface area contributed by atoms with Crippen molar-refractivity contribution in [3.8, 4) is 12.3 Å². The van der Waals surface area contributed by atoms with Crippen LogP contribution in [-0.2, 0) is 13.1 Å². The largest absolute Gasteiger partial charge is 0.331 e. The molecule has 0 saturated carbocycles. The zero-order chi connectivity index (χ0) is 9.68. The summed E-state index contributed by atoms with van der Waals surface area (Å²) < 4.78 is 2.12. The van der Waals surface area contributed by atoms with Crippen LogP contribution in [0.25, 0.3) is 0 Å². The van der Waals surface area contributed by atoms with Crippen molar-refractivity contribution in [3.05, 3.63) is 17.7 Å². The normalized spacial score (nSPS) is 9.92. The Morgan fingerprint density at radius 1 is 1.69 bits per heavy atom. The molecule has 0 unspecified atom stereocenters. The second-order valence-corrected chi connectivity index (χ2v) is 2.96. The van der Waals surface area contributed by atoms with E-state index in [2.05, 4.69) is 15.5 Å². The molecule has 1 heterocycles. The number of aromatic nitrogens is 2. The van der Waals surface area contributed by atoms with Crippen molar-refractivity contribution in [2.45, 2.75) is 32.9 Å². The molecule has 3 heteroatoms. The highest BCUT2D eigenvalue weighted by atomic mass is 15.1. The SMILES string of the molecule is C#CCCCn1c(CN)cnc1C. The van der Waals surface area contributed by atoms with Crippen LogP contribution in [0, 0.1) is 19.3 Å². The number of hydrogen-bond acceptors (Lipinski definition) is 2. The number of terminal acetylenes is 1. The Bertz CT molecular complexity index is 306. The van der Waals surface area contributed by atoms with Crippen LogP contribution in [0.1, 0.15) is 24.4 Å². The fourth-order valence-corrected chi connectivity index (χ4v) is 1.32. The fraction of sp³-hybridized carbons (Fsp3) is 0.500. The van der Waals surface area contributed by atoms with Crippen molar-refractivity contribution in [2.24, 2.45) is 5.73 Å². The van der Waals surface area contributed by atoms with Gasteiger partial charge in [-0.1, -0.05) is 0 Å². The average Bonchev–Trinajstić information content (AvgIpc) is 2.48. The molecule has 0 radical (unpaired) electrons. The quantitative estimate of drug-likeness (QED) is 0.552. The van der Waals surface area contributed by atoms with Gasteiger partial charge in [0.15, 0.2) is 0 Å². The lowest BCUT2D eigenvalue weighted by atomic mass is 10.3. The number of nitrogens with two attached hydrogens (primary N) is 1. The maximum absolute atomic E-state index is 5.57. The predicted molar refractivity (Wildman–Crippen MR) is 52.9 cm³/mol. The van der Waals surface area contributed by atoms with Gasteiger partial charge >= 0.3 is 0 Å². The Morgan fingerprint density at radius 2 is 2.46 bits per heavy atom. The van der Waals surface area contributed by atoms with Crippen LogP contribution in [0.3, 0.4) is 0 Å². The van der Waals surface area contributed by atoms with E-state index in [1.807, 2.05) is 13.1 Å². The van der Waals surface area contributed by atoms with E-state index in [0.717, 1.165) is 30.9 Å².